The number of hydrogen-bond acceptors (Lipinski definition) is 3. The fraction of sp³-hybridized carbons (Fsp3) is 0.852. The van der Waals surface area contributed by atoms with Crippen LogP contribution in [0.5, 0.6) is 0 Å². The third-order valence-electron chi connectivity index (χ3n) is 10.3. The molecular formula is C27H43NO2. The van der Waals surface area contributed by atoms with Gasteiger partial charge in [-0.3, -0.25) is 0 Å². The second kappa shape index (κ2) is 7.87. The van der Waals surface area contributed by atoms with Crippen molar-refractivity contribution in [3.63, 3.8) is 0 Å². The van der Waals surface area contributed by atoms with Crippen molar-refractivity contribution in [2.24, 2.45) is 39.7 Å². The van der Waals surface area contributed by atoms with Gasteiger partial charge in [-0.25, -0.2) is 0 Å². The van der Waals surface area contributed by atoms with E-state index in [4.69, 9.17) is 0 Å². The molecule has 0 heterocycles. The molecule has 3 fully saturated rings. The first-order valence-electron chi connectivity index (χ1n) is 12.5. The Kier molecular flexibility index (Phi) is 5.83. The van der Waals surface area contributed by atoms with Crippen LogP contribution in [0, 0.1) is 39.4 Å². The molecule has 0 bridgehead atoms. The Morgan fingerprint density at radius 3 is 2.70 bits per heavy atom. The largest absolute Gasteiger partial charge is 0.390 e. The summed E-state index contributed by atoms with van der Waals surface area (Å²) in [7, 11) is 0. The van der Waals surface area contributed by atoms with Crippen LogP contribution < -0.4 is 0 Å². The van der Waals surface area contributed by atoms with Crippen molar-refractivity contribution < 1.29 is 5.11 Å². The van der Waals surface area contributed by atoms with Gasteiger partial charge in [0, 0.05) is 0 Å². The maximum atomic E-state index is 11.5. The summed E-state index contributed by atoms with van der Waals surface area (Å²) in [6.07, 6.45) is 14.6. The number of fused-ring (bicyclic) bond motifs is 5. The molecule has 0 saturated heterocycles. The summed E-state index contributed by atoms with van der Waals surface area (Å²) < 4.78 is 0. The molecule has 30 heavy (non-hydrogen) atoms. The van der Waals surface area contributed by atoms with Gasteiger partial charge >= 0.3 is 0 Å². The quantitative estimate of drug-likeness (QED) is 0.370. The van der Waals surface area contributed by atoms with Crippen LogP contribution in [-0.2, 0) is 0 Å². The molecule has 3 heteroatoms. The Morgan fingerprint density at radius 1 is 1.23 bits per heavy atom. The molecule has 0 spiro atoms. The SMILES string of the molecule is C=C(C)CCCC(C)(O)C1CCC2C3CC=C4C[C@@H](N=O)CC[C@]4(C)C3CC[C@@]21C. The van der Waals surface area contributed by atoms with Gasteiger partial charge in [-0.15, -0.1) is 6.58 Å². The van der Waals surface area contributed by atoms with Crippen LogP contribution in [-0.4, -0.2) is 16.7 Å². The van der Waals surface area contributed by atoms with Crippen LogP contribution in [0.3, 0.4) is 0 Å². The molecule has 3 saturated carbocycles. The monoisotopic (exact) mass is 413 g/mol. The van der Waals surface area contributed by atoms with Gasteiger partial charge in [-0.1, -0.05) is 36.2 Å². The Labute approximate surface area is 183 Å². The summed E-state index contributed by atoms with van der Waals surface area (Å²) in [5.74, 6) is 2.63. The Bertz CT molecular complexity index is 724. The van der Waals surface area contributed by atoms with Gasteiger partial charge in [0.2, 0.25) is 0 Å². The lowest BCUT2D eigenvalue weighted by Crippen LogP contribution is -2.52. The van der Waals surface area contributed by atoms with Crippen molar-refractivity contribution in [1.29, 1.82) is 0 Å². The second-order valence-corrected chi connectivity index (χ2v) is 12.1. The average Bonchev–Trinajstić information content (AvgIpc) is 3.05. The van der Waals surface area contributed by atoms with Crippen molar-refractivity contribution in [3.05, 3.63) is 28.7 Å². The topological polar surface area (TPSA) is 49.7 Å². The highest BCUT2D eigenvalue weighted by molar-refractivity contribution is 5.26. The first kappa shape index (κ1) is 22.2. The number of nitroso groups, excluding NO2 is 1. The number of rotatable bonds is 6. The van der Waals surface area contributed by atoms with Gasteiger partial charge in [-0.05, 0) is 119 Å². The molecule has 0 aromatic heterocycles. The first-order chi connectivity index (χ1) is 14.1. The number of hydrogen-bond donors (Lipinski definition) is 1. The van der Waals surface area contributed by atoms with Crippen molar-refractivity contribution in [2.75, 3.05) is 0 Å². The third kappa shape index (κ3) is 3.53. The van der Waals surface area contributed by atoms with Gasteiger partial charge in [-0.2, -0.15) is 4.91 Å². The lowest BCUT2D eigenvalue weighted by atomic mass is 9.46. The Balaban J connectivity index is 1.53. The predicted molar refractivity (Wildman–Crippen MR) is 124 cm³/mol. The lowest BCUT2D eigenvalue weighted by Gasteiger charge is -2.58. The van der Waals surface area contributed by atoms with Gasteiger partial charge < -0.3 is 5.11 Å². The van der Waals surface area contributed by atoms with E-state index >= 15 is 0 Å². The molecule has 3 nitrogen and oxygen atoms in total. The van der Waals surface area contributed by atoms with E-state index in [1.54, 1.807) is 0 Å². The van der Waals surface area contributed by atoms with Crippen molar-refractivity contribution in [1.82, 2.24) is 0 Å². The van der Waals surface area contributed by atoms with Gasteiger partial charge in [0.15, 0.2) is 0 Å². The summed E-state index contributed by atoms with van der Waals surface area (Å²) >= 11 is 0. The highest BCUT2D eigenvalue weighted by Gasteiger charge is 2.61. The van der Waals surface area contributed by atoms with Crippen molar-refractivity contribution in [3.8, 4) is 0 Å². The van der Waals surface area contributed by atoms with Gasteiger partial charge in [0.25, 0.3) is 0 Å². The molecule has 4 rings (SSSR count). The van der Waals surface area contributed by atoms with E-state index in [1.807, 2.05) is 0 Å². The van der Waals surface area contributed by atoms with E-state index in [0.717, 1.165) is 56.3 Å². The molecule has 0 amide bonds. The van der Waals surface area contributed by atoms with Crippen LogP contribution in [0.4, 0.5) is 0 Å². The summed E-state index contributed by atoms with van der Waals surface area (Å²) in [6.45, 7) is 13.2. The first-order valence-corrected chi connectivity index (χ1v) is 12.5. The highest BCUT2D eigenvalue weighted by atomic mass is 16.3. The zero-order valence-electron chi connectivity index (χ0n) is 19.8. The molecule has 0 aromatic rings. The molecule has 1 N–H and O–H groups in total. The molecule has 4 aliphatic rings. The van der Waals surface area contributed by atoms with Crippen LogP contribution >= 0.6 is 0 Å². The van der Waals surface area contributed by atoms with Gasteiger partial charge in [0.05, 0.1) is 11.6 Å². The van der Waals surface area contributed by atoms with Gasteiger partial charge in [0.1, 0.15) is 0 Å². The fourth-order valence-electron chi connectivity index (χ4n) is 8.68. The van der Waals surface area contributed by atoms with E-state index < -0.39 is 5.60 Å². The van der Waals surface area contributed by atoms with E-state index in [9.17, 15) is 10.0 Å². The molecule has 5 unspecified atom stereocenters. The van der Waals surface area contributed by atoms with Crippen LogP contribution in [0.2, 0.25) is 0 Å². The van der Waals surface area contributed by atoms with Crippen molar-refractivity contribution >= 4 is 0 Å². The minimum atomic E-state index is -0.570. The molecule has 0 aromatic carbocycles. The fourth-order valence-corrected chi connectivity index (χ4v) is 8.68. The zero-order chi connectivity index (χ0) is 21.7. The normalized spacial score (nSPS) is 44.8. The molecular weight excluding hydrogens is 370 g/mol. The zero-order valence-corrected chi connectivity index (χ0v) is 19.8. The molecule has 4 aliphatic carbocycles. The maximum Gasteiger partial charge on any atom is 0.0957 e. The standard InChI is InChI=1S/C27H43NO2/c1-18(2)7-6-14-27(5,29)24-11-10-22-21-9-8-19-17-20(28-30)12-15-25(19,3)23(21)13-16-26(22,24)4/h8,20-24,29H,1,6-7,9-17H2,2-5H3/t20-,21?,22?,23?,24?,25-,26-,27?/m0/s1. The third-order valence-corrected chi connectivity index (χ3v) is 10.3. The summed E-state index contributed by atoms with van der Waals surface area (Å²) in [5.41, 5.74) is 2.72. The van der Waals surface area contributed by atoms with Crippen LogP contribution in [0.25, 0.3) is 0 Å². The number of aliphatic hydroxyl groups is 1. The van der Waals surface area contributed by atoms with Crippen molar-refractivity contribution in [2.45, 2.75) is 110 Å². The summed E-state index contributed by atoms with van der Waals surface area (Å²) in [6, 6.07) is -0.000101. The van der Waals surface area contributed by atoms with Crippen LogP contribution in [0.15, 0.2) is 29.0 Å². The number of nitrogens with zero attached hydrogens (tertiary/aromatic N) is 1. The van der Waals surface area contributed by atoms with E-state index in [1.165, 1.54) is 43.3 Å². The molecule has 0 radical (unpaired) electrons. The summed E-state index contributed by atoms with van der Waals surface area (Å²) in [5, 5.41) is 14.9. The van der Waals surface area contributed by atoms with E-state index in [-0.39, 0.29) is 16.9 Å². The number of allylic oxidation sites excluding steroid dienone is 2. The minimum absolute atomic E-state index is 0.000101. The summed E-state index contributed by atoms with van der Waals surface area (Å²) in [4.78, 5) is 11.1. The van der Waals surface area contributed by atoms with E-state index in [2.05, 4.69) is 45.5 Å². The second-order valence-electron chi connectivity index (χ2n) is 12.1. The molecule has 8 atom stereocenters. The van der Waals surface area contributed by atoms with Crippen LogP contribution in [0.1, 0.15) is 98.3 Å². The Hall–Kier alpha value is -0.960. The smallest absolute Gasteiger partial charge is 0.0957 e. The highest BCUT2D eigenvalue weighted by Crippen LogP contribution is 2.67. The van der Waals surface area contributed by atoms with E-state index in [0.29, 0.717) is 5.92 Å². The molecule has 168 valence electrons. The average molecular weight is 414 g/mol. The Morgan fingerprint density at radius 2 is 2.00 bits per heavy atom. The lowest BCUT2D eigenvalue weighted by molar-refractivity contribution is -0.103. The minimum Gasteiger partial charge on any atom is -0.390 e. The molecule has 0 aliphatic heterocycles. The predicted octanol–water partition coefficient (Wildman–Crippen LogP) is 7.20. The maximum absolute atomic E-state index is 11.5.